The van der Waals surface area contributed by atoms with E-state index in [0.717, 1.165) is 18.9 Å². The maximum Gasteiger partial charge on any atom is 0.407 e. The summed E-state index contributed by atoms with van der Waals surface area (Å²) in [5, 5.41) is 12.1. The van der Waals surface area contributed by atoms with Gasteiger partial charge in [-0.25, -0.2) is 14.0 Å². The number of alkyl carbamates (subject to hydrolysis) is 1. The van der Waals surface area contributed by atoms with Crippen LogP contribution in [0.3, 0.4) is 0 Å². The van der Waals surface area contributed by atoms with Crippen LogP contribution >= 0.6 is 0 Å². The number of nitrogens with zero attached hydrogens (tertiary/aromatic N) is 2. The SMILES string of the molecule is COc1c(N2CC(CF)C(NC(=O)OC(C)(C)C)C2)c(F)cc2c(=O)c(C(=O)O)cn(C3CC3)c12. The molecule has 4 rings (SSSR count). The lowest BCUT2D eigenvalue weighted by Gasteiger charge is -2.25. The number of carboxylic acid groups (broad SMARTS) is 1. The molecule has 2 fully saturated rings. The zero-order valence-corrected chi connectivity index (χ0v) is 20.1. The van der Waals surface area contributed by atoms with Gasteiger partial charge in [-0.05, 0) is 39.7 Å². The maximum absolute atomic E-state index is 15.5. The molecule has 1 aromatic carbocycles. The van der Waals surface area contributed by atoms with Gasteiger partial charge in [-0.2, -0.15) is 0 Å². The van der Waals surface area contributed by atoms with Gasteiger partial charge in [0, 0.05) is 31.2 Å². The Bertz CT molecular complexity index is 1230. The van der Waals surface area contributed by atoms with Crippen molar-refractivity contribution in [3.63, 3.8) is 0 Å². The van der Waals surface area contributed by atoms with Gasteiger partial charge in [0.2, 0.25) is 5.43 Å². The van der Waals surface area contributed by atoms with Gasteiger partial charge in [-0.1, -0.05) is 0 Å². The van der Waals surface area contributed by atoms with Crippen LogP contribution in [0.2, 0.25) is 0 Å². The molecule has 35 heavy (non-hydrogen) atoms. The fourth-order valence-electron chi connectivity index (χ4n) is 4.56. The first kappa shape index (κ1) is 24.7. The van der Waals surface area contributed by atoms with Crippen molar-refractivity contribution in [3.8, 4) is 5.75 Å². The van der Waals surface area contributed by atoms with E-state index in [1.807, 2.05) is 0 Å². The molecule has 2 aromatic rings. The van der Waals surface area contributed by atoms with Crippen molar-refractivity contribution in [1.29, 1.82) is 0 Å². The second-order valence-electron chi connectivity index (χ2n) is 10.0. The first-order chi connectivity index (χ1) is 16.4. The molecular weight excluding hydrogens is 464 g/mol. The van der Waals surface area contributed by atoms with Crippen molar-refractivity contribution in [2.75, 3.05) is 31.8 Å². The number of carbonyl (C=O) groups excluding carboxylic acids is 1. The van der Waals surface area contributed by atoms with E-state index in [1.165, 1.54) is 13.3 Å². The van der Waals surface area contributed by atoms with Gasteiger partial charge >= 0.3 is 12.1 Å². The molecular formula is C24H29F2N3O6. The number of amides is 1. The summed E-state index contributed by atoms with van der Waals surface area (Å²) in [6.07, 6.45) is 2.14. The lowest BCUT2D eigenvalue weighted by molar-refractivity contribution is 0.0494. The van der Waals surface area contributed by atoms with Gasteiger partial charge < -0.3 is 29.4 Å². The fourth-order valence-corrected chi connectivity index (χ4v) is 4.56. The monoisotopic (exact) mass is 493 g/mol. The minimum Gasteiger partial charge on any atom is -0.492 e. The van der Waals surface area contributed by atoms with Gasteiger partial charge in [0.05, 0.1) is 30.7 Å². The number of alkyl halides is 1. The molecule has 0 bridgehead atoms. The molecule has 2 atom stereocenters. The molecule has 1 saturated heterocycles. The molecule has 2 unspecified atom stereocenters. The maximum atomic E-state index is 15.5. The van der Waals surface area contributed by atoms with Crippen LogP contribution in [0, 0.1) is 11.7 Å². The van der Waals surface area contributed by atoms with Crippen LogP contribution < -0.4 is 20.4 Å². The minimum atomic E-state index is -1.39. The lowest BCUT2D eigenvalue weighted by atomic mass is 10.1. The molecule has 1 aliphatic carbocycles. The Morgan fingerprint density at radius 2 is 1.94 bits per heavy atom. The third kappa shape index (κ3) is 4.76. The highest BCUT2D eigenvalue weighted by atomic mass is 19.1. The summed E-state index contributed by atoms with van der Waals surface area (Å²) in [6.45, 7) is 4.58. The predicted molar refractivity (Wildman–Crippen MR) is 125 cm³/mol. The van der Waals surface area contributed by atoms with E-state index in [2.05, 4.69) is 5.32 Å². The number of carbonyl (C=O) groups is 2. The largest absolute Gasteiger partial charge is 0.492 e. The first-order valence-electron chi connectivity index (χ1n) is 11.4. The molecule has 1 saturated carbocycles. The summed E-state index contributed by atoms with van der Waals surface area (Å²) >= 11 is 0. The van der Waals surface area contributed by atoms with Crippen molar-refractivity contribution in [2.24, 2.45) is 5.92 Å². The fraction of sp³-hybridized carbons (Fsp3) is 0.542. The van der Waals surface area contributed by atoms with Gasteiger partial charge in [0.1, 0.15) is 16.9 Å². The van der Waals surface area contributed by atoms with Crippen molar-refractivity contribution >= 4 is 28.7 Å². The number of hydrogen-bond acceptors (Lipinski definition) is 6. The summed E-state index contributed by atoms with van der Waals surface area (Å²) < 4.78 is 41.9. The van der Waals surface area contributed by atoms with Crippen molar-refractivity contribution in [1.82, 2.24) is 9.88 Å². The minimum absolute atomic E-state index is 0.0313. The highest BCUT2D eigenvalue weighted by Gasteiger charge is 2.38. The molecule has 2 heterocycles. The number of hydrogen-bond donors (Lipinski definition) is 2. The standard InChI is InChI=1S/C24H29F2N3O6/c1-24(2,3)35-23(33)27-17-11-28(9-12(17)8-25)19-16(26)7-14-18(21(19)34-4)29(13-5-6-13)10-15(20(14)30)22(31)32/h7,10,12-13,17H,5-6,8-9,11H2,1-4H3,(H,27,33)(H,31,32). The Morgan fingerprint density at radius 3 is 2.49 bits per heavy atom. The molecule has 2 aliphatic rings. The number of pyridine rings is 1. The van der Waals surface area contributed by atoms with E-state index < -0.39 is 53.1 Å². The normalized spacial score (nSPS) is 20.2. The molecule has 11 heteroatoms. The zero-order chi connectivity index (χ0) is 25.7. The zero-order valence-electron chi connectivity index (χ0n) is 20.1. The van der Waals surface area contributed by atoms with Gasteiger partial charge in [-0.15, -0.1) is 0 Å². The number of halogens is 2. The molecule has 190 valence electrons. The molecule has 0 spiro atoms. The number of methoxy groups -OCH3 is 1. The molecule has 1 amide bonds. The smallest absolute Gasteiger partial charge is 0.407 e. The van der Waals surface area contributed by atoms with Crippen LogP contribution in [0.5, 0.6) is 5.75 Å². The molecule has 9 nitrogen and oxygen atoms in total. The Kier molecular flexibility index (Phi) is 6.37. The number of carboxylic acids is 1. The average Bonchev–Trinajstić information content (AvgIpc) is 3.52. The Hall–Kier alpha value is -3.37. The number of benzene rings is 1. The van der Waals surface area contributed by atoms with Crippen LogP contribution in [-0.2, 0) is 4.74 Å². The number of nitrogens with one attached hydrogen (secondary N) is 1. The van der Waals surface area contributed by atoms with Crippen molar-refractivity contribution in [2.45, 2.75) is 51.3 Å². The highest BCUT2D eigenvalue weighted by Crippen LogP contribution is 2.44. The van der Waals surface area contributed by atoms with Gasteiger partial charge in [-0.3, -0.25) is 9.18 Å². The number of ether oxygens (including phenoxy) is 2. The van der Waals surface area contributed by atoms with E-state index in [4.69, 9.17) is 9.47 Å². The van der Waals surface area contributed by atoms with Crippen LogP contribution in [0.1, 0.15) is 50.0 Å². The molecule has 1 aromatic heterocycles. The summed E-state index contributed by atoms with van der Waals surface area (Å²) in [4.78, 5) is 38.3. The number of fused-ring (bicyclic) bond motifs is 1. The topological polar surface area (TPSA) is 110 Å². The molecule has 0 radical (unpaired) electrons. The third-order valence-electron chi connectivity index (χ3n) is 6.23. The van der Waals surface area contributed by atoms with Crippen LogP contribution in [0.15, 0.2) is 17.1 Å². The van der Waals surface area contributed by atoms with E-state index >= 15 is 4.39 Å². The third-order valence-corrected chi connectivity index (χ3v) is 6.23. The summed E-state index contributed by atoms with van der Waals surface area (Å²) in [6, 6.07) is 0.330. The van der Waals surface area contributed by atoms with Crippen molar-refractivity contribution < 1.29 is 33.0 Å². The molecule has 1 aliphatic heterocycles. The Balaban J connectivity index is 1.78. The van der Waals surface area contributed by atoms with Crippen LogP contribution in [-0.4, -0.2) is 60.3 Å². The quantitative estimate of drug-likeness (QED) is 0.634. The van der Waals surface area contributed by atoms with Crippen molar-refractivity contribution in [3.05, 3.63) is 33.9 Å². The Labute approximate surface area is 200 Å². The second kappa shape index (κ2) is 9.01. The summed E-state index contributed by atoms with van der Waals surface area (Å²) in [5.41, 5.74) is -1.66. The summed E-state index contributed by atoms with van der Waals surface area (Å²) in [5.74, 6) is -2.75. The number of rotatable bonds is 6. The van der Waals surface area contributed by atoms with E-state index in [9.17, 15) is 23.9 Å². The highest BCUT2D eigenvalue weighted by molar-refractivity contribution is 5.97. The first-order valence-corrected chi connectivity index (χ1v) is 11.4. The van der Waals surface area contributed by atoms with Crippen LogP contribution in [0.4, 0.5) is 19.3 Å². The van der Waals surface area contributed by atoms with E-state index in [1.54, 1.807) is 30.2 Å². The average molecular weight is 494 g/mol. The van der Waals surface area contributed by atoms with E-state index in [0.29, 0.717) is 5.52 Å². The van der Waals surface area contributed by atoms with Gasteiger partial charge in [0.15, 0.2) is 11.6 Å². The summed E-state index contributed by atoms with van der Waals surface area (Å²) in [7, 11) is 1.34. The Morgan fingerprint density at radius 1 is 1.26 bits per heavy atom. The predicted octanol–water partition coefficient (Wildman–Crippen LogP) is 3.48. The number of aromatic nitrogens is 1. The second-order valence-corrected chi connectivity index (χ2v) is 10.0. The number of aromatic carboxylic acids is 1. The molecule has 2 N–H and O–H groups in total. The van der Waals surface area contributed by atoms with E-state index in [-0.39, 0.29) is 36.0 Å². The van der Waals surface area contributed by atoms with Crippen LogP contribution in [0.25, 0.3) is 10.9 Å². The lowest BCUT2D eigenvalue weighted by Crippen LogP contribution is -2.43. The number of anilines is 1. The van der Waals surface area contributed by atoms with Gasteiger partial charge in [0.25, 0.3) is 0 Å².